The summed E-state index contributed by atoms with van der Waals surface area (Å²) in [5, 5.41) is 4.61. The number of hydrogen-bond donors (Lipinski definition) is 0. The first kappa shape index (κ1) is 10.7. The topological polar surface area (TPSA) is 44.5 Å². The molecule has 1 aliphatic heterocycles. The van der Waals surface area contributed by atoms with E-state index in [1.165, 1.54) is 0 Å². The van der Waals surface area contributed by atoms with Crippen molar-refractivity contribution in [2.75, 3.05) is 13.2 Å². The highest BCUT2D eigenvalue weighted by Gasteiger charge is 2.14. The molecule has 0 bridgehead atoms. The molecule has 0 saturated carbocycles. The Morgan fingerprint density at radius 2 is 1.94 bits per heavy atom. The molecule has 4 nitrogen and oxygen atoms in total. The van der Waals surface area contributed by atoms with Gasteiger partial charge >= 0.3 is 0 Å². The maximum absolute atomic E-state index is 5.52. The number of hydrogen-bond acceptors (Lipinski definition) is 4. The molecule has 1 aromatic heterocycles. The third kappa shape index (κ3) is 2.02. The van der Waals surface area contributed by atoms with Gasteiger partial charge in [0.05, 0.1) is 5.69 Å². The zero-order valence-corrected chi connectivity index (χ0v) is 10.6. The van der Waals surface area contributed by atoms with E-state index in [0.717, 1.165) is 28.5 Å². The van der Waals surface area contributed by atoms with Crippen LogP contribution in [0.3, 0.4) is 0 Å². The third-order valence-corrected chi connectivity index (χ3v) is 3.10. The van der Waals surface area contributed by atoms with Gasteiger partial charge in [0.15, 0.2) is 17.3 Å². The van der Waals surface area contributed by atoms with Crippen molar-refractivity contribution in [2.24, 2.45) is 0 Å². The van der Waals surface area contributed by atoms with Gasteiger partial charge in [-0.3, -0.25) is 0 Å². The Kier molecular flexibility index (Phi) is 2.76. The van der Waals surface area contributed by atoms with Gasteiger partial charge in [0, 0.05) is 17.0 Å². The Bertz CT molecular complexity index is 538. The molecule has 88 valence electrons. The number of aromatic nitrogens is 1. The first-order valence-electron chi connectivity index (χ1n) is 5.28. The van der Waals surface area contributed by atoms with Gasteiger partial charge in [0.1, 0.15) is 13.2 Å². The van der Waals surface area contributed by atoms with Crippen molar-refractivity contribution < 1.29 is 14.0 Å². The Morgan fingerprint density at radius 1 is 1.12 bits per heavy atom. The summed E-state index contributed by atoms with van der Waals surface area (Å²) in [6, 6.07) is 7.64. The van der Waals surface area contributed by atoms with E-state index in [1.54, 1.807) is 0 Å². The molecule has 0 saturated heterocycles. The molecule has 3 rings (SSSR count). The molecule has 0 aliphatic carbocycles. The van der Waals surface area contributed by atoms with Crippen molar-refractivity contribution >= 4 is 15.9 Å². The molecule has 5 heteroatoms. The minimum absolute atomic E-state index is 0.583. The van der Waals surface area contributed by atoms with E-state index in [1.807, 2.05) is 24.3 Å². The van der Waals surface area contributed by atoms with Crippen LogP contribution in [-0.4, -0.2) is 18.4 Å². The first-order valence-corrected chi connectivity index (χ1v) is 6.40. The van der Waals surface area contributed by atoms with Crippen LogP contribution in [0, 0.1) is 0 Å². The summed E-state index contributed by atoms with van der Waals surface area (Å²) in [5.41, 5.74) is 1.81. The second-order valence-electron chi connectivity index (χ2n) is 3.67. The summed E-state index contributed by atoms with van der Waals surface area (Å²) in [4.78, 5) is 0. The molecular formula is C12H10BrNO3. The second kappa shape index (κ2) is 4.41. The Hall–Kier alpha value is -1.49. The number of benzene rings is 1. The molecule has 0 atom stereocenters. The largest absolute Gasteiger partial charge is 0.486 e. The number of alkyl halides is 1. The van der Waals surface area contributed by atoms with Gasteiger partial charge in [-0.2, -0.15) is 0 Å². The summed E-state index contributed by atoms with van der Waals surface area (Å²) in [7, 11) is 0. The number of rotatable bonds is 2. The Morgan fingerprint density at radius 3 is 2.71 bits per heavy atom. The Balaban J connectivity index is 1.97. The molecule has 17 heavy (non-hydrogen) atoms. The van der Waals surface area contributed by atoms with Gasteiger partial charge < -0.3 is 14.0 Å². The summed E-state index contributed by atoms with van der Waals surface area (Å²) in [6.07, 6.45) is 0. The fourth-order valence-corrected chi connectivity index (χ4v) is 1.97. The van der Waals surface area contributed by atoms with Crippen LogP contribution in [0.5, 0.6) is 11.5 Å². The SMILES string of the molecule is BrCc1cc(-c2ccc3c(c2)OCCO3)on1. The molecule has 2 aromatic rings. The minimum Gasteiger partial charge on any atom is -0.486 e. The van der Waals surface area contributed by atoms with Crippen LogP contribution in [0.25, 0.3) is 11.3 Å². The molecule has 1 aliphatic rings. The van der Waals surface area contributed by atoms with Gasteiger partial charge in [0.2, 0.25) is 0 Å². The number of ether oxygens (including phenoxy) is 2. The molecule has 0 fully saturated rings. The third-order valence-electron chi connectivity index (χ3n) is 2.52. The smallest absolute Gasteiger partial charge is 0.167 e. The predicted molar refractivity (Wildman–Crippen MR) is 65.6 cm³/mol. The molecule has 0 radical (unpaired) electrons. The summed E-state index contributed by atoms with van der Waals surface area (Å²) < 4.78 is 16.2. The lowest BCUT2D eigenvalue weighted by Crippen LogP contribution is -2.15. The summed E-state index contributed by atoms with van der Waals surface area (Å²) >= 11 is 3.34. The summed E-state index contributed by atoms with van der Waals surface area (Å²) in [5.74, 6) is 2.27. The molecule has 0 spiro atoms. The lowest BCUT2D eigenvalue weighted by atomic mass is 10.1. The van der Waals surface area contributed by atoms with Crippen molar-refractivity contribution in [3.63, 3.8) is 0 Å². The van der Waals surface area contributed by atoms with Crippen molar-refractivity contribution in [2.45, 2.75) is 5.33 Å². The highest BCUT2D eigenvalue weighted by atomic mass is 79.9. The second-order valence-corrected chi connectivity index (χ2v) is 4.24. The van der Waals surface area contributed by atoms with E-state index >= 15 is 0 Å². The van der Waals surface area contributed by atoms with E-state index in [0.29, 0.717) is 18.5 Å². The molecule has 2 heterocycles. The quantitative estimate of drug-likeness (QED) is 0.799. The van der Waals surface area contributed by atoms with Gasteiger partial charge in [0.25, 0.3) is 0 Å². The van der Waals surface area contributed by atoms with Crippen molar-refractivity contribution in [3.05, 3.63) is 30.0 Å². The highest BCUT2D eigenvalue weighted by Crippen LogP contribution is 2.34. The van der Waals surface area contributed by atoms with Crippen LogP contribution in [0.4, 0.5) is 0 Å². The maximum Gasteiger partial charge on any atom is 0.167 e. The van der Waals surface area contributed by atoms with E-state index in [4.69, 9.17) is 14.0 Å². The van der Waals surface area contributed by atoms with Gasteiger partial charge in [-0.1, -0.05) is 21.1 Å². The average Bonchev–Trinajstić information content (AvgIpc) is 2.87. The van der Waals surface area contributed by atoms with E-state index < -0.39 is 0 Å². The highest BCUT2D eigenvalue weighted by molar-refractivity contribution is 9.08. The first-order chi connectivity index (χ1) is 8.36. The predicted octanol–water partition coefficient (Wildman–Crippen LogP) is 3.01. The van der Waals surface area contributed by atoms with E-state index in [9.17, 15) is 0 Å². The van der Waals surface area contributed by atoms with Crippen LogP contribution in [0.15, 0.2) is 28.8 Å². The van der Waals surface area contributed by atoms with Gasteiger partial charge in [-0.05, 0) is 18.2 Å². The minimum atomic E-state index is 0.583. The zero-order valence-electron chi connectivity index (χ0n) is 8.98. The molecule has 0 amide bonds. The van der Waals surface area contributed by atoms with Crippen LogP contribution in [0.1, 0.15) is 5.69 Å². The average molecular weight is 296 g/mol. The monoisotopic (exact) mass is 295 g/mol. The van der Waals surface area contributed by atoms with E-state index in [2.05, 4.69) is 21.1 Å². The van der Waals surface area contributed by atoms with Gasteiger partial charge in [-0.15, -0.1) is 0 Å². The zero-order chi connectivity index (χ0) is 11.7. The van der Waals surface area contributed by atoms with Crippen LogP contribution >= 0.6 is 15.9 Å². The van der Waals surface area contributed by atoms with Crippen LogP contribution < -0.4 is 9.47 Å². The van der Waals surface area contributed by atoms with Crippen molar-refractivity contribution in [1.82, 2.24) is 5.16 Å². The lowest BCUT2D eigenvalue weighted by Gasteiger charge is -2.18. The fraction of sp³-hybridized carbons (Fsp3) is 0.250. The van der Waals surface area contributed by atoms with Crippen molar-refractivity contribution in [3.8, 4) is 22.8 Å². The maximum atomic E-state index is 5.52. The number of nitrogens with zero attached hydrogens (tertiary/aromatic N) is 1. The molecule has 1 aromatic carbocycles. The van der Waals surface area contributed by atoms with Crippen LogP contribution in [-0.2, 0) is 5.33 Å². The lowest BCUT2D eigenvalue weighted by molar-refractivity contribution is 0.171. The van der Waals surface area contributed by atoms with Crippen molar-refractivity contribution in [1.29, 1.82) is 0 Å². The number of halogens is 1. The fourth-order valence-electron chi connectivity index (χ4n) is 1.71. The van der Waals surface area contributed by atoms with E-state index in [-0.39, 0.29) is 0 Å². The van der Waals surface area contributed by atoms with Gasteiger partial charge in [-0.25, -0.2) is 0 Å². The standard InChI is InChI=1S/C12H10BrNO3/c13-7-9-6-11(17-14-9)8-1-2-10-12(5-8)16-4-3-15-10/h1-2,5-6H,3-4,7H2. The molecular weight excluding hydrogens is 286 g/mol. The van der Waals surface area contributed by atoms with Crippen LogP contribution in [0.2, 0.25) is 0 Å². The molecule has 0 unspecified atom stereocenters. The molecule has 0 N–H and O–H groups in total. The summed E-state index contributed by atoms with van der Waals surface area (Å²) in [6.45, 7) is 1.18. The normalized spacial score (nSPS) is 13.7. The Labute approximate surface area is 107 Å². The number of fused-ring (bicyclic) bond motifs is 1.